The molecule has 3 N–H and O–H groups in total. The number of hydrogen-bond acceptors (Lipinski definition) is 4. The molecule has 5 nitrogen and oxygen atoms in total. The van der Waals surface area contributed by atoms with Gasteiger partial charge in [-0.1, -0.05) is 6.07 Å². The monoisotopic (exact) mass is 264 g/mol. The number of hydrogen-bond donors (Lipinski definition) is 2. The fraction of sp³-hybridized carbons (Fsp3) is 0.500. The van der Waals surface area contributed by atoms with Crippen molar-refractivity contribution in [3.63, 3.8) is 0 Å². The summed E-state index contributed by atoms with van der Waals surface area (Å²) in [5.74, 6) is 1.52. The summed E-state index contributed by atoms with van der Waals surface area (Å²) in [6.45, 7) is 4.50. The molecule has 0 saturated heterocycles. The predicted molar refractivity (Wildman–Crippen MR) is 72.2 cm³/mol. The van der Waals surface area contributed by atoms with E-state index < -0.39 is 0 Å². The zero-order chi connectivity index (χ0) is 13.9. The van der Waals surface area contributed by atoms with Gasteiger partial charge in [0.15, 0.2) is 11.5 Å². The molecule has 0 atom stereocenters. The summed E-state index contributed by atoms with van der Waals surface area (Å²) in [5.41, 5.74) is 6.28. The summed E-state index contributed by atoms with van der Waals surface area (Å²) in [4.78, 5) is 11.8. The Morgan fingerprint density at radius 1 is 1.37 bits per heavy atom. The van der Waals surface area contributed by atoms with Gasteiger partial charge in [0.05, 0.1) is 0 Å². The number of nitrogens with two attached hydrogens (primary N) is 1. The second-order valence-electron chi connectivity index (χ2n) is 5.32. The minimum atomic E-state index is -0.355. The number of rotatable bonds is 5. The number of ether oxygens (including phenoxy) is 2. The van der Waals surface area contributed by atoms with Gasteiger partial charge >= 0.3 is 0 Å². The fourth-order valence-corrected chi connectivity index (χ4v) is 1.85. The van der Waals surface area contributed by atoms with Crippen molar-refractivity contribution in [1.82, 2.24) is 5.32 Å². The zero-order valence-electron chi connectivity index (χ0n) is 11.4. The molecule has 1 aliphatic rings. The summed E-state index contributed by atoms with van der Waals surface area (Å²) in [6.07, 6.45) is 1.10. The van der Waals surface area contributed by atoms with Gasteiger partial charge in [0, 0.05) is 18.5 Å². The number of amides is 1. The highest BCUT2D eigenvalue weighted by Crippen LogP contribution is 2.32. The number of benzene rings is 1. The largest absolute Gasteiger partial charge is 0.454 e. The van der Waals surface area contributed by atoms with Crippen LogP contribution in [0.5, 0.6) is 11.5 Å². The van der Waals surface area contributed by atoms with Gasteiger partial charge in [-0.15, -0.1) is 0 Å². The lowest BCUT2D eigenvalue weighted by Crippen LogP contribution is -2.48. The standard InChI is InChI=1S/C14H20N2O3/c1-14(2,8-15)16-13(17)6-4-10-3-5-11-12(7-10)19-9-18-11/h3,5,7H,4,6,8-9,15H2,1-2H3,(H,16,17). The van der Waals surface area contributed by atoms with Gasteiger partial charge in [0.2, 0.25) is 12.7 Å². The molecule has 1 aliphatic heterocycles. The van der Waals surface area contributed by atoms with Crippen molar-refractivity contribution >= 4 is 5.91 Å². The van der Waals surface area contributed by atoms with Gasteiger partial charge in [0.1, 0.15) is 0 Å². The van der Waals surface area contributed by atoms with Crippen LogP contribution in [0.3, 0.4) is 0 Å². The molecule has 0 aromatic heterocycles. The van der Waals surface area contributed by atoms with Crippen molar-refractivity contribution in [2.45, 2.75) is 32.2 Å². The molecule has 0 spiro atoms. The number of fused-ring (bicyclic) bond motifs is 1. The van der Waals surface area contributed by atoms with E-state index in [1.165, 1.54) is 0 Å². The van der Waals surface area contributed by atoms with E-state index in [-0.39, 0.29) is 18.2 Å². The Kier molecular flexibility index (Phi) is 3.95. The molecule has 0 radical (unpaired) electrons. The van der Waals surface area contributed by atoms with Crippen molar-refractivity contribution in [2.24, 2.45) is 5.73 Å². The summed E-state index contributed by atoms with van der Waals surface area (Å²) in [7, 11) is 0. The molecule has 104 valence electrons. The molecular formula is C14H20N2O3. The topological polar surface area (TPSA) is 73.6 Å². The Hall–Kier alpha value is -1.75. The lowest BCUT2D eigenvalue weighted by Gasteiger charge is -2.24. The van der Waals surface area contributed by atoms with Gasteiger partial charge < -0.3 is 20.5 Å². The van der Waals surface area contributed by atoms with Crippen LogP contribution in [0, 0.1) is 0 Å². The van der Waals surface area contributed by atoms with Gasteiger partial charge in [-0.3, -0.25) is 4.79 Å². The SMILES string of the molecule is CC(C)(CN)NC(=O)CCc1ccc2c(c1)OCO2. The van der Waals surface area contributed by atoms with E-state index in [0.29, 0.717) is 19.4 Å². The van der Waals surface area contributed by atoms with Crippen molar-refractivity contribution in [3.05, 3.63) is 23.8 Å². The molecule has 1 heterocycles. The van der Waals surface area contributed by atoms with E-state index in [1.54, 1.807) is 0 Å². The van der Waals surface area contributed by atoms with Gasteiger partial charge in [-0.2, -0.15) is 0 Å². The van der Waals surface area contributed by atoms with Gasteiger partial charge in [0.25, 0.3) is 0 Å². The van der Waals surface area contributed by atoms with Crippen molar-refractivity contribution in [2.75, 3.05) is 13.3 Å². The van der Waals surface area contributed by atoms with Crippen LogP contribution in [0.1, 0.15) is 25.8 Å². The number of carbonyl (C=O) groups excluding carboxylic acids is 1. The van der Waals surface area contributed by atoms with E-state index in [1.807, 2.05) is 32.0 Å². The normalized spacial score (nSPS) is 13.4. The smallest absolute Gasteiger partial charge is 0.231 e. The van der Waals surface area contributed by atoms with Crippen LogP contribution >= 0.6 is 0 Å². The third kappa shape index (κ3) is 3.61. The van der Waals surface area contributed by atoms with Gasteiger partial charge in [-0.05, 0) is 38.0 Å². The maximum Gasteiger partial charge on any atom is 0.231 e. The molecule has 0 bridgehead atoms. The average molecular weight is 264 g/mol. The first-order chi connectivity index (χ1) is 9.00. The molecule has 0 fully saturated rings. The zero-order valence-corrected chi connectivity index (χ0v) is 11.4. The molecule has 0 unspecified atom stereocenters. The number of nitrogens with one attached hydrogen (secondary N) is 1. The molecule has 1 aromatic rings. The van der Waals surface area contributed by atoms with Crippen LogP contribution in [0.25, 0.3) is 0 Å². The maximum absolute atomic E-state index is 11.8. The first-order valence-corrected chi connectivity index (χ1v) is 6.40. The van der Waals surface area contributed by atoms with E-state index >= 15 is 0 Å². The molecule has 1 aromatic carbocycles. The Balaban J connectivity index is 1.87. The molecule has 2 rings (SSSR count). The highest BCUT2D eigenvalue weighted by atomic mass is 16.7. The van der Waals surface area contributed by atoms with E-state index in [9.17, 15) is 4.79 Å². The molecular weight excluding hydrogens is 244 g/mol. The Labute approximate surface area is 113 Å². The second-order valence-corrected chi connectivity index (χ2v) is 5.32. The summed E-state index contributed by atoms with van der Waals surface area (Å²) in [6, 6.07) is 5.75. The van der Waals surface area contributed by atoms with Crippen molar-refractivity contribution in [1.29, 1.82) is 0 Å². The highest BCUT2D eigenvalue weighted by molar-refractivity contribution is 5.77. The van der Waals surface area contributed by atoms with Crippen molar-refractivity contribution in [3.8, 4) is 11.5 Å². The quantitative estimate of drug-likeness (QED) is 0.838. The second kappa shape index (κ2) is 5.48. The third-order valence-electron chi connectivity index (χ3n) is 3.07. The third-order valence-corrected chi connectivity index (χ3v) is 3.07. The summed E-state index contributed by atoms with van der Waals surface area (Å²) >= 11 is 0. The minimum absolute atomic E-state index is 0.00752. The van der Waals surface area contributed by atoms with Crippen LogP contribution < -0.4 is 20.5 Å². The number of aryl methyl sites for hydroxylation is 1. The summed E-state index contributed by atoms with van der Waals surface area (Å²) in [5, 5.41) is 2.91. The van der Waals surface area contributed by atoms with E-state index in [4.69, 9.17) is 15.2 Å². The Morgan fingerprint density at radius 2 is 2.11 bits per heavy atom. The molecule has 0 aliphatic carbocycles. The van der Waals surface area contributed by atoms with Gasteiger partial charge in [-0.25, -0.2) is 0 Å². The highest BCUT2D eigenvalue weighted by Gasteiger charge is 2.18. The first-order valence-electron chi connectivity index (χ1n) is 6.40. The predicted octanol–water partition coefficient (Wildman–Crippen LogP) is 1.20. The maximum atomic E-state index is 11.8. The fourth-order valence-electron chi connectivity index (χ4n) is 1.85. The Bertz CT molecular complexity index is 472. The average Bonchev–Trinajstić information content (AvgIpc) is 2.83. The van der Waals surface area contributed by atoms with Crippen LogP contribution in [-0.4, -0.2) is 24.8 Å². The van der Waals surface area contributed by atoms with Crippen LogP contribution in [-0.2, 0) is 11.2 Å². The Morgan fingerprint density at radius 3 is 2.84 bits per heavy atom. The van der Waals surface area contributed by atoms with Crippen LogP contribution in [0.15, 0.2) is 18.2 Å². The van der Waals surface area contributed by atoms with Crippen molar-refractivity contribution < 1.29 is 14.3 Å². The lowest BCUT2D eigenvalue weighted by atomic mass is 10.0. The van der Waals surface area contributed by atoms with Crippen LogP contribution in [0.2, 0.25) is 0 Å². The molecule has 5 heteroatoms. The van der Waals surface area contributed by atoms with E-state index in [2.05, 4.69) is 5.32 Å². The minimum Gasteiger partial charge on any atom is -0.454 e. The number of carbonyl (C=O) groups is 1. The summed E-state index contributed by atoms with van der Waals surface area (Å²) < 4.78 is 10.5. The first kappa shape index (κ1) is 13.7. The molecule has 19 heavy (non-hydrogen) atoms. The molecule has 1 amide bonds. The molecule has 0 saturated carbocycles. The van der Waals surface area contributed by atoms with E-state index in [0.717, 1.165) is 17.1 Å². The van der Waals surface area contributed by atoms with Crippen LogP contribution in [0.4, 0.5) is 0 Å². The lowest BCUT2D eigenvalue weighted by molar-refractivity contribution is -0.122.